The van der Waals surface area contributed by atoms with Crippen LogP contribution in [0.5, 0.6) is 17.2 Å². The number of hydrogen-bond acceptors (Lipinski definition) is 4. The minimum Gasteiger partial charge on any atom is -0.497 e. The summed E-state index contributed by atoms with van der Waals surface area (Å²) < 4.78 is 16.2. The van der Waals surface area contributed by atoms with Gasteiger partial charge in [-0.2, -0.15) is 0 Å². The Labute approximate surface area is 124 Å². The third-order valence-corrected chi connectivity index (χ3v) is 3.22. The normalized spacial score (nSPS) is 11.8. The lowest BCUT2D eigenvalue weighted by Crippen LogP contribution is -1.99. The van der Waals surface area contributed by atoms with Gasteiger partial charge in [-0.25, -0.2) is 0 Å². The Morgan fingerprint density at radius 1 is 0.952 bits per heavy atom. The molecule has 0 fully saturated rings. The predicted molar refractivity (Wildman–Crippen MR) is 81.0 cm³/mol. The molecule has 0 aliphatic rings. The fourth-order valence-corrected chi connectivity index (χ4v) is 1.95. The molecule has 0 heterocycles. The van der Waals surface area contributed by atoms with E-state index in [-0.39, 0.29) is 0 Å². The number of aliphatic hydroxyl groups is 1. The van der Waals surface area contributed by atoms with E-state index in [2.05, 4.69) is 0 Å². The van der Waals surface area contributed by atoms with Crippen molar-refractivity contribution in [3.8, 4) is 17.2 Å². The summed E-state index contributed by atoms with van der Waals surface area (Å²) >= 11 is 0. The first-order chi connectivity index (χ1) is 10.1. The van der Waals surface area contributed by atoms with Gasteiger partial charge >= 0.3 is 0 Å². The second-order valence-corrected chi connectivity index (χ2v) is 4.72. The van der Waals surface area contributed by atoms with E-state index in [0.717, 1.165) is 16.9 Å². The van der Waals surface area contributed by atoms with Gasteiger partial charge in [-0.1, -0.05) is 18.2 Å². The van der Waals surface area contributed by atoms with Crippen LogP contribution in [0.1, 0.15) is 24.2 Å². The molecule has 112 valence electrons. The number of aliphatic hydroxyl groups excluding tert-OH is 1. The van der Waals surface area contributed by atoms with E-state index in [9.17, 15) is 5.11 Å². The zero-order valence-electron chi connectivity index (χ0n) is 12.5. The lowest BCUT2D eigenvalue weighted by atomic mass is 10.1. The van der Waals surface area contributed by atoms with Crippen molar-refractivity contribution in [3.05, 3.63) is 53.6 Å². The standard InChI is InChI=1S/C17H20O4/c1-12(18)14-6-9-16(17(10-14)20-3)21-11-13-4-7-15(19-2)8-5-13/h4-10,12,18H,11H2,1-3H3/t12-/m1/s1. The van der Waals surface area contributed by atoms with Gasteiger partial charge in [0.25, 0.3) is 0 Å². The summed E-state index contributed by atoms with van der Waals surface area (Å²) in [4.78, 5) is 0. The van der Waals surface area contributed by atoms with Gasteiger partial charge in [0.15, 0.2) is 11.5 Å². The van der Waals surface area contributed by atoms with E-state index < -0.39 is 6.10 Å². The molecular formula is C17H20O4. The number of methoxy groups -OCH3 is 2. The SMILES string of the molecule is COc1ccc(COc2ccc([C@@H](C)O)cc2OC)cc1. The van der Waals surface area contributed by atoms with Crippen molar-refractivity contribution in [1.29, 1.82) is 0 Å². The van der Waals surface area contributed by atoms with Crippen LogP contribution < -0.4 is 14.2 Å². The van der Waals surface area contributed by atoms with Crippen LogP contribution >= 0.6 is 0 Å². The minimum absolute atomic E-state index is 0.439. The van der Waals surface area contributed by atoms with E-state index in [0.29, 0.717) is 18.1 Å². The Hall–Kier alpha value is -2.20. The van der Waals surface area contributed by atoms with Crippen molar-refractivity contribution in [2.45, 2.75) is 19.6 Å². The topological polar surface area (TPSA) is 47.9 Å². The molecule has 0 radical (unpaired) electrons. The lowest BCUT2D eigenvalue weighted by Gasteiger charge is -2.13. The van der Waals surface area contributed by atoms with Crippen LogP contribution in [0.25, 0.3) is 0 Å². The van der Waals surface area contributed by atoms with E-state index in [1.54, 1.807) is 27.2 Å². The third-order valence-electron chi connectivity index (χ3n) is 3.22. The molecule has 2 aromatic rings. The van der Waals surface area contributed by atoms with Crippen LogP contribution in [0, 0.1) is 0 Å². The zero-order chi connectivity index (χ0) is 15.2. The number of benzene rings is 2. The Morgan fingerprint density at radius 2 is 1.67 bits per heavy atom. The fraction of sp³-hybridized carbons (Fsp3) is 0.294. The maximum atomic E-state index is 9.58. The molecule has 1 N–H and O–H groups in total. The van der Waals surface area contributed by atoms with Gasteiger partial charge in [0.2, 0.25) is 0 Å². The quantitative estimate of drug-likeness (QED) is 0.885. The monoisotopic (exact) mass is 288 g/mol. The Balaban J connectivity index is 2.08. The largest absolute Gasteiger partial charge is 0.497 e. The second-order valence-electron chi connectivity index (χ2n) is 4.72. The van der Waals surface area contributed by atoms with E-state index in [1.165, 1.54) is 0 Å². The summed E-state index contributed by atoms with van der Waals surface area (Å²) in [5.41, 5.74) is 1.83. The van der Waals surface area contributed by atoms with E-state index in [4.69, 9.17) is 14.2 Å². The van der Waals surface area contributed by atoms with Crippen LogP contribution in [0.2, 0.25) is 0 Å². The maximum absolute atomic E-state index is 9.58. The van der Waals surface area contributed by atoms with Gasteiger partial charge < -0.3 is 19.3 Å². The highest BCUT2D eigenvalue weighted by Crippen LogP contribution is 2.31. The molecule has 0 bridgehead atoms. The van der Waals surface area contributed by atoms with Gasteiger partial charge in [-0.15, -0.1) is 0 Å². The first-order valence-electron chi connectivity index (χ1n) is 6.75. The first-order valence-corrected chi connectivity index (χ1v) is 6.75. The maximum Gasteiger partial charge on any atom is 0.161 e. The van der Waals surface area contributed by atoms with Gasteiger partial charge in [-0.3, -0.25) is 0 Å². The van der Waals surface area contributed by atoms with Crippen LogP contribution in [-0.4, -0.2) is 19.3 Å². The summed E-state index contributed by atoms with van der Waals surface area (Å²) in [6.07, 6.45) is -0.533. The third kappa shape index (κ3) is 3.89. The molecule has 0 spiro atoms. The van der Waals surface area contributed by atoms with Crippen LogP contribution in [0.15, 0.2) is 42.5 Å². The van der Waals surface area contributed by atoms with Gasteiger partial charge in [0.1, 0.15) is 12.4 Å². The molecule has 21 heavy (non-hydrogen) atoms. The van der Waals surface area contributed by atoms with Crippen molar-refractivity contribution < 1.29 is 19.3 Å². The molecule has 0 unspecified atom stereocenters. The molecule has 2 aromatic carbocycles. The molecule has 0 aromatic heterocycles. The molecule has 0 aliphatic carbocycles. The average Bonchev–Trinajstić information content (AvgIpc) is 2.53. The van der Waals surface area contributed by atoms with Crippen molar-refractivity contribution in [2.24, 2.45) is 0 Å². The fourth-order valence-electron chi connectivity index (χ4n) is 1.95. The van der Waals surface area contributed by atoms with Crippen LogP contribution in [0.4, 0.5) is 0 Å². The molecule has 4 nitrogen and oxygen atoms in total. The van der Waals surface area contributed by atoms with E-state index >= 15 is 0 Å². The highest BCUT2D eigenvalue weighted by Gasteiger charge is 2.09. The molecule has 4 heteroatoms. The van der Waals surface area contributed by atoms with Gasteiger partial charge in [0.05, 0.1) is 20.3 Å². The lowest BCUT2D eigenvalue weighted by molar-refractivity contribution is 0.198. The molecule has 0 saturated carbocycles. The van der Waals surface area contributed by atoms with Gasteiger partial charge in [0, 0.05) is 0 Å². The Morgan fingerprint density at radius 3 is 2.24 bits per heavy atom. The number of rotatable bonds is 6. The smallest absolute Gasteiger partial charge is 0.161 e. The molecule has 0 aliphatic heterocycles. The summed E-state index contributed by atoms with van der Waals surface area (Å²) in [6.45, 7) is 2.15. The predicted octanol–water partition coefficient (Wildman–Crippen LogP) is 3.34. The summed E-state index contributed by atoms with van der Waals surface area (Å²) in [5, 5.41) is 9.58. The Kier molecular flexibility index (Phi) is 5.06. The number of ether oxygens (including phenoxy) is 3. The van der Waals surface area contributed by atoms with Gasteiger partial charge in [-0.05, 0) is 42.3 Å². The second kappa shape index (κ2) is 6.99. The molecule has 0 amide bonds. The van der Waals surface area contributed by atoms with Crippen molar-refractivity contribution in [3.63, 3.8) is 0 Å². The van der Waals surface area contributed by atoms with Crippen LogP contribution in [0.3, 0.4) is 0 Å². The van der Waals surface area contributed by atoms with Crippen molar-refractivity contribution in [2.75, 3.05) is 14.2 Å². The number of hydrogen-bond donors (Lipinski definition) is 1. The average molecular weight is 288 g/mol. The van der Waals surface area contributed by atoms with E-state index in [1.807, 2.05) is 36.4 Å². The van der Waals surface area contributed by atoms with Crippen molar-refractivity contribution in [1.82, 2.24) is 0 Å². The summed E-state index contributed by atoms with van der Waals surface area (Å²) in [6, 6.07) is 13.1. The molecule has 0 saturated heterocycles. The van der Waals surface area contributed by atoms with Crippen LogP contribution in [-0.2, 0) is 6.61 Å². The molecular weight excluding hydrogens is 268 g/mol. The Bertz CT molecular complexity index is 576. The highest BCUT2D eigenvalue weighted by molar-refractivity contribution is 5.43. The molecule has 1 atom stereocenters. The molecule has 2 rings (SSSR count). The van der Waals surface area contributed by atoms with Crippen molar-refractivity contribution >= 4 is 0 Å². The highest BCUT2D eigenvalue weighted by atomic mass is 16.5. The first kappa shape index (κ1) is 15.2. The minimum atomic E-state index is -0.533. The zero-order valence-corrected chi connectivity index (χ0v) is 12.5. The summed E-state index contributed by atoms with van der Waals surface area (Å²) in [5.74, 6) is 2.08. The summed E-state index contributed by atoms with van der Waals surface area (Å²) in [7, 11) is 3.22.